The van der Waals surface area contributed by atoms with Crippen LogP contribution in [0.3, 0.4) is 0 Å². The van der Waals surface area contributed by atoms with E-state index in [2.05, 4.69) is 123 Å². The fourth-order valence-corrected chi connectivity index (χ4v) is 6.40. The molecule has 9 aromatic rings. The van der Waals surface area contributed by atoms with Crippen molar-refractivity contribution < 1.29 is 24.5 Å². The molecule has 0 amide bonds. The summed E-state index contributed by atoms with van der Waals surface area (Å²) in [5.41, 5.74) is 10.6. The predicted molar refractivity (Wildman–Crippen MR) is 253 cm³/mol. The zero-order valence-corrected chi connectivity index (χ0v) is 39.1. The van der Waals surface area contributed by atoms with Gasteiger partial charge in [0.05, 0.1) is 0 Å². The second-order valence-corrected chi connectivity index (χ2v) is 16.8. The zero-order valence-electron chi connectivity index (χ0n) is 36.7. The Morgan fingerprint density at radius 3 is 1.19 bits per heavy atom. The average molecular weight is 1020 g/mol. The van der Waals surface area contributed by atoms with Crippen molar-refractivity contribution in [1.82, 2.24) is 29.9 Å². The van der Waals surface area contributed by atoms with Crippen LogP contribution < -0.4 is 0 Å². The summed E-state index contributed by atoms with van der Waals surface area (Å²) >= 11 is 0. The smallest absolute Gasteiger partial charge is 0.305 e. The first-order valence-corrected chi connectivity index (χ1v) is 20.8. The molecule has 0 spiro atoms. The van der Waals surface area contributed by atoms with Crippen molar-refractivity contribution in [2.75, 3.05) is 0 Å². The van der Waals surface area contributed by atoms with Gasteiger partial charge in [0, 0.05) is 41.1 Å². The first kappa shape index (κ1) is 46.6. The number of hydrogen-bond donors (Lipinski definition) is 0. The Morgan fingerprint density at radius 2 is 0.828 bits per heavy atom. The molecule has 0 saturated heterocycles. The maximum atomic E-state index is 13.3. The third-order valence-electron chi connectivity index (χ3n) is 10.0. The van der Waals surface area contributed by atoms with Gasteiger partial charge in [-0.25, -0.2) is 15.0 Å². The van der Waals surface area contributed by atoms with Crippen molar-refractivity contribution >= 4 is 0 Å². The van der Waals surface area contributed by atoms with Crippen molar-refractivity contribution in [3.8, 4) is 67.9 Å². The number of benzene rings is 5. The van der Waals surface area contributed by atoms with Crippen LogP contribution >= 0.6 is 0 Å². The average Bonchev–Trinajstić information content (AvgIpc) is 3.33. The van der Waals surface area contributed by atoms with E-state index in [4.69, 9.17) is 15.0 Å². The molecule has 0 aliphatic rings. The van der Waals surface area contributed by atoms with E-state index in [-0.39, 0.29) is 36.8 Å². The molecule has 0 aliphatic heterocycles. The van der Waals surface area contributed by atoms with Crippen LogP contribution in [0, 0.1) is 24.0 Å². The van der Waals surface area contributed by atoms with E-state index < -0.39 is 0 Å². The minimum absolute atomic E-state index is 0. The zero-order chi connectivity index (χ0) is 44.2. The summed E-state index contributed by atoms with van der Waals surface area (Å²) in [6, 6.07) is 61.5. The van der Waals surface area contributed by atoms with Gasteiger partial charge in [-0.05, 0) is 51.2 Å². The Kier molecular flexibility index (Phi) is 15.7. The fourth-order valence-electron chi connectivity index (χ4n) is 6.40. The van der Waals surface area contributed by atoms with E-state index >= 15 is 0 Å². The molecule has 318 valence electrons. The van der Waals surface area contributed by atoms with E-state index in [1.807, 2.05) is 97.1 Å². The molecule has 4 aromatic heterocycles. The monoisotopic (exact) mass is 1020 g/mol. The summed E-state index contributed by atoms with van der Waals surface area (Å²) < 4.78 is 13.3. The molecule has 0 fully saturated rings. The van der Waals surface area contributed by atoms with Crippen molar-refractivity contribution in [1.29, 1.82) is 0 Å². The Balaban J connectivity index is 0.000000219. The standard InChI is InChI=1S/C34H32FN4.2C11H8N.Ir/c1-33(2,3)26-14-7-23(8-15-26)30-37-31(24-9-16-27(17-10-24)34(4,5)6)39-32(38-30)25-13-20-29(36-21-25)22-11-18-28(35)19-12-22;2*1-2-6-10(7-3-1)11-8-4-5-9-12-11;/h7-11,13-21H,1-6H3;2*1-6,8-9H;/q3*-1;+3. The van der Waals surface area contributed by atoms with Crippen LogP contribution in [0.1, 0.15) is 52.7 Å². The Morgan fingerprint density at radius 1 is 0.406 bits per heavy atom. The molecule has 0 atom stereocenters. The van der Waals surface area contributed by atoms with Gasteiger partial charge < -0.3 is 15.0 Å². The molecule has 0 radical (unpaired) electrons. The molecular weight excluding hydrogens is 968 g/mol. The molecule has 9 rings (SSSR count). The van der Waals surface area contributed by atoms with Crippen LogP contribution in [-0.2, 0) is 30.9 Å². The summed E-state index contributed by atoms with van der Waals surface area (Å²) in [5, 5.41) is 0. The fraction of sp³-hybridized carbons (Fsp3) is 0.143. The first-order chi connectivity index (χ1) is 30.4. The number of rotatable bonds is 6. The quantitative estimate of drug-likeness (QED) is 0.154. The molecule has 0 aliphatic carbocycles. The minimum Gasteiger partial charge on any atom is -0.305 e. The molecule has 64 heavy (non-hydrogen) atoms. The summed E-state index contributed by atoms with van der Waals surface area (Å²) in [4.78, 5) is 27.6. The molecule has 6 nitrogen and oxygen atoms in total. The molecule has 0 saturated carbocycles. The van der Waals surface area contributed by atoms with Crippen molar-refractivity contribution in [3.63, 3.8) is 0 Å². The molecular formula is C56H48FIrN6. The SMILES string of the molecule is CC(C)(C)c1ccc(-c2nc(-c3ccc(C(C)(C)C)cc3)nc(-c3ccc(-c4[c-]cc(F)cc4)nc3)n2)cc1.[Ir+3].[c-]1ccccc1-c1ccccn1.[c-]1ccccc1-c1ccccn1. The first-order valence-electron chi connectivity index (χ1n) is 20.8. The van der Waals surface area contributed by atoms with Gasteiger partial charge in [-0.3, -0.25) is 4.39 Å². The third kappa shape index (κ3) is 12.6. The van der Waals surface area contributed by atoms with E-state index in [1.165, 1.54) is 23.3 Å². The van der Waals surface area contributed by atoms with Crippen molar-refractivity contribution in [3.05, 3.63) is 218 Å². The normalized spacial score (nSPS) is 10.9. The van der Waals surface area contributed by atoms with Crippen LogP contribution in [0.15, 0.2) is 182 Å². The van der Waals surface area contributed by atoms with Gasteiger partial charge in [-0.2, -0.15) is 0 Å². The number of halogens is 1. The van der Waals surface area contributed by atoms with E-state index in [1.54, 1.807) is 24.7 Å². The number of hydrogen-bond acceptors (Lipinski definition) is 6. The molecule has 5 aromatic carbocycles. The van der Waals surface area contributed by atoms with Crippen molar-refractivity contribution in [2.45, 2.75) is 52.4 Å². The van der Waals surface area contributed by atoms with E-state index in [0.717, 1.165) is 44.8 Å². The van der Waals surface area contributed by atoms with Crippen LogP contribution in [-0.4, -0.2) is 29.9 Å². The number of pyridine rings is 3. The summed E-state index contributed by atoms with van der Waals surface area (Å²) in [6.07, 6.45) is 5.31. The maximum Gasteiger partial charge on any atom is 3.00 e. The van der Waals surface area contributed by atoms with Crippen LogP contribution in [0.5, 0.6) is 0 Å². The van der Waals surface area contributed by atoms with Gasteiger partial charge in [0.1, 0.15) is 0 Å². The molecule has 8 heteroatoms. The maximum absolute atomic E-state index is 13.3. The van der Waals surface area contributed by atoms with Crippen LogP contribution in [0.25, 0.3) is 67.9 Å². The summed E-state index contributed by atoms with van der Waals surface area (Å²) in [5.74, 6) is 1.42. The van der Waals surface area contributed by atoms with Crippen molar-refractivity contribution in [2.24, 2.45) is 0 Å². The molecule has 4 heterocycles. The predicted octanol–water partition coefficient (Wildman–Crippen LogP) is 13.6. The number of nitrogens with zero attached hydrogens (tertiary/aromatic N) is 6. The molecule has 0 unspecified atom stereocenters. The minimum atomic E-state index is -0.327. The van der Waals surface area contributed by atoms with E-state index in [0.29, 0.717) is 23.2 Å². The molecule has 0 bridgehead atoms. The second-order valence-electron chi connectivity index (χ2n) is 16.8. The Labute approximate surface area is 390 Å². The van der Waals surface area contributed by atoms with Crippen LogP contribution in [0.2, 0.25) is 0 Å². The Hall–Kier alpha value is -6.86. The second kappa shape index (κ2) is 21.5. The summed E-state index contributed by atoms with van der Waals surface area (Å²) in [6.45, 7) is 13.2. The largest absolute Gasteiger partial charge is 3.00 e. The third-order valence-corrected chi connectivity index (χ3v) is 10.0. The van der Waals surface area contributed by atoms with E-state index in [9.17, 15) is 4.39 Å². The van der Waals surface area contributed by atoms with Gasteiger partial charge in [-0.15, -0.1) is 102 Å². The van der Waals surface area contributed by atoms with Gasteiger partial charge in [0.25, 0.3) is 0 Å². The topological polar surface area (TPSA) is 77.3 Å². The molecule has 0 N–H and O–H groups in total. The van der Waals surface area contributed by atoms with Gasteiger partial charge in [0.15, 0.2) is 17.5 Å². The summed E-state index contributed by atoms with van der Waals surface area (Å²) in [7, 11) is 0. The number of aromatic nitrogens is 6. The van der Waals surface area contributed by atoms with Crippen LogP contribution in [0.4, 0.5) is 4.39 Å². The van der Waals surface area contributed by atoms with Gasteiger partial charge in [0.2, 0.25) is 0 Å². The van der Waals surface area contributed by atoms with Gasteiger partial charge >= 0.3 is 20.1 Å². The Bertz CT molecular complexity index is 2570. The van der Waals surface area contributed by atoms with Gasteiger partial charge in [-0.1, -0.05) is 126 Å².